The summed E-state index contributed by atoms with van der Waals surface area (Å²) in [7, 11) is 0. The monoisotopic (exact) mass is 480 g/mol. The van der Waals surface area contributed by atoms with E-state index in [-0.39, 0.29) is 11.3 Å². The lowest BCUT2D eigenvalue weighted by atomic mass is 10.0. The van der Waals surface area contributed by atoms with E-state index in [0.717, 1.165) is 16.5 Å². The molecule has 0 atom stereocenters. The summed E-state index contributed by atoms with van der Waals surface area (Å²) in [4.78, 5) is 25.2. The number of carbonyl (C=O) groups excluding carboxylic acids is 1. The molecule has 172 valence electrons. The predicted octanol–water partition coefficient (Wildman–Crippen LogP) is 7.02. The molecule has 1 aromatic heterocycles. The number of hydrogen-bond acceptors (Lipinski definition) is 3. The summed E-state index contributed by atoms with van der Waals surface area (Å²) >= 11 is 5.99. The zero-order valence-corrected chi connectivity index (χ0v) is 19.4. The largest absolute Gasteiger partial charge is 0.478 e. The van der Waals surface area contributed by atoms with Gasteiger partial charge in [0.2, 0.25) is 0 Å². The van der Waals surface area contributed by atoms with Gasteiger partial charge in [0.1, 0.15) is 0 Å². The Kier molecular flexibility index (Phi) is 6.08. The first-order chi connectivity index (χ1) is 17.0. The third kappa shape index (κ3) is 4.67. The van der Waals surface area contributed by atoms with Crippen molar-refractivity contribution in [3.05, 3.63) is 131 Å². The highest BCUT2D eigenvalue weighted by Crippen LogP contribution is 2.30. The first kappa shape index (κ1) is 22.4. The van der Waals surface area contributed by atoms with Crippen molar-refractivity contribution in [1.82, 2.24) is 4.57 Å². The normalized spacial score (nSPS) is 10.9. The van der Waals surface area contributed by atoms with Gasteiger partial charge in [-0.2, -0.15) is 0 Å². The van der Waals surface area contributed by atoms with Gasteiger partial charge in [-0.05, 0) is 42.0 Å². The number of ketones is 1. The molecule has 0 aliphatic heterocycles. The van der Waals surface area contributed by atoms with Crippen LogP contribution in [0.15, 0.2) is 103 Å². The molecule has 0 aliphatic rings. The Hall–Kier alpha value is -4.35. The van der Waals surface area contributed by atoms with Crippen LogP contribution in [0.1, 0.15) is 31.8 Å². The number of aromatic carboxylic acids is 1. The van der Waals surface area contributed by atoms with Gasteiger partial charge in [0.25, 0.3) is 0 Å². The van der Waals surface area contributed by atoms with Crippen LogP contribution < -0.4 is 5.32 Å². The molecule has 6 heteroatoms. The maximum absolute atomic E-state index is 13.5. The van der Waals surface area contributed by atoms with Gasteiger partial charge in [0.05, 0.1) is 11.3 Å². The van der Waals surface area contributed by atoms with E-state index in [1.54, 1.807) is 24.3 Å². The highest BCUT2D eigenvalue weighted by Gasteiger charge is 2.18. The number of rotatable bonds is 7. The van der Waals surface area contributed by atoms with Crippen molar-refractivity contribution in [2.24, 2.45) is 0 Å². The molecule has 5 aromatic rings. The second-order valence-electron chi connectivity index (χ2n) is 8.20. The van der Waals surface area contributed by atoms with Crippen molar-refractivity contribution in [3.8, 4) is 0 Å². The summed E-state index contributed by atoms with van der Waals surface area (Å²) in [6.45, 7) is 0.618. The number of carboxylic acid groups (broad SMARTS) is 1. The minimum absolute atomic E-state index is 0.0693. The number of carbonyl (C=O) groups is 2. The van der Waals surface area contributed by atoms with Crippen molar-refractivity contribution >= 4 is 45.6 Å². The van der Waals surface area contributed by atoms with E-state index >= 15 is 0 Å². The van der Waals surface area contributed by atoms with Gasteiger partial charge < -0.3 is 15.0 Å². The average Bonchev–Trinajstić information content (AvgIpc) is 3.23. The van der Waals surface area contributed by atoms with Gasteiger partial charge in [-0.25, -0.2) is 4.79 Å². The number of hydrogen-bond donors (Lipinski definition) is 2. The molecule has 2 N–H and O–H groups in total. The van der Waals surface area contributed by atoms with Crippen molar-refractivity contribution in [2.75, 3.05) is 5.32 Å². The van der Waals surface area contributed by atoms with E-state index in [1.165, 1.54) is 6.07 Å². The summed E-state index contributed by atoms with van der Waals surface area (Å²) in [5, 5.41) is 13.9. The highest BCUT2D eigenvalue weighted by molar-refractivity contribution is 6.31. The molecular weight excluding hydrogens is 460 g/mol. The highest BCUT2D eigenvalue weighted by atomic mass is 35.5. The maximum Gasteiger partial charge on any atom is 0.337 e. The SMILES string of the molecule is O=C(O)c1cc(Cl)ccc1Nc1ccc2c(c1)c(C(=O)c1ccccc1)cn2Cc1ccccc1. The quantitative estimate of drug-likeness (QED) is 0.246. The standard InChI is InChI=1S/C29H21ClN2O3/c30-21-11-13-26(24(15-21)29(34)35)31-22-12-14-27-23(16-22)25(28(33)20-9-5-2-6-10-20)18-32(27)17-19-7-3-1-4-8-19/h1-16,18,31H,17H2,(H,34,35). The predicted molar refractivity (Wildman–Crippen MR) is 139 cm³/mol. The van der Waals surface area contributed by atoms with Crippen molar-refractivity contribution in [2.45, 2.75) is 6.54 Å². The molecule has 1 heterocycles. The van der Waals surface area contributed by atoms with Crippen LogP contribution >= 0.6 is 11.6 Å². The van der Waals surface area contributed by atoms with Crippen LogP contribution in [0.2, 0.25) is 5.02 Å². The molecule has 5 rings (SSSR count). The van der Waals surface area contributed by atoms with Crippen LogP contribution in [0.3, 0.4) is 0 Å². The van der Waals surface area contributed by atoms with Gasteiger partial charge in [0, 0.05) is 45.5 Å². The van der Waals surface area contributed by atoms with Gasteiger partial charge in [0.15, 0.2) is 5.78 Å². The molecule has 0 amide bonds. The number of halogens is 1. The van der Waals surface area contributed by atoms with Gasteiger partial charge in [-0.3, -0.25) is 4.79 Å². The third-order valence-electron chi connectivity index (χ3n) is 5.85. The number of fused-ring (bicyclic) bond motifs is 1. The molecule has 35 heavy (non-hydrogen) atoms. The van der Waals surface area contributed by atoms with Crippen LogP contribution in [-0.2, 0) is 6.54 Å². The van der Waals surface area contributed by atoms with E-state index in [2.05, 4.69) is 22.0 Å². The van der Waals surface area contributed by atoms with Crippen molar-refractivity contribution < 1.29 is 14.7 Å². The number of carboxylic acids is 1. The fourth-order valence-corrected chi connectivity index (χ4v) is 4.34. The number of nitrogens with zero attached hydrogens (tertiary/aromatic N) is 1. The number of benzene rings is 4. The first-order valence-corrected chi connectivity index (χ1v) is 11.4. The molecule has 0 saturated heterocycles. The van der Waals surface area contributed by atoms with Crippen LogP contribution in [0.25, 0.3) is 10.9 Å². The van der Waals surface area contributed by atoms with E-state index in [1.807, 2.05) is 60.8 Å². The Morgan fingerprint density at radius 3 is 2.26 bits per heavy atom. The Labute approximate surface area is 207 Å². The smallest absolute Gasteiger partial charge is 0.337 e. The summed E-state index contributed by atoms with van der Waals surface area (Å²) in [6.07, 6.45) is 1.89. The Bertz CT molecular complexity index is 1540. The molecule has 0 aliphatic carbocycles. The number of aromatic nitrogens is 1. The van der Waals surface area contributed by atoms with E-state index < -0.39 is 5.97 Å². The number of anilines is 2. The molecule has 0 saturated carbocycles. The summed E-state index contributed by atoms with van der Waals surface area (Å²) in [6, 6.07) is 29.6. The molecule has 0 unspecified atom stereocenters. The Balaban J connectivity index is 1.60. The molecule has 0 bridgehead atoms. The fourth-order valence-electron chi connectivity index (χ4n) is 4.17. The van der Waals surface area contributed by atoms with Gasteiger partial charge in [-0.1, -0.05) is 72.3 Å². The minimum Gasteiger partial charge on any atom is -0.478 e. The Morgan fingerprint density at radius 1 is 0.829 bits per heavy atom. The first-order valence-electron chi connectivity index (χ1n) is 11.1. The second-order valence-corrected chi connectivity index (χ2v) is 8.64. The zero-order chi connectivity index (χ0) is 24.4. The second kappa shape index (κ2) is 9.49. The molecular formula is C29H21ClN2O3. The van der Waals surface area contributed by atoms with Crippen LogP contribution in [0.5, 0.6) is 0 Å². The van der Waals surface area contributed by atoms with Crippen LogP contribution in [0, 0.1) is 0 Å². The zero-order valence-electron chi connectivity index (χ0n) is 18.6. The van der Waals surface area contributed by atoms with Gasteiger partial charge in [-0.15, -0.1) is 0 Å². The third-order valence-corrected chi connectivity index (χ3v) is 6.08. The lowest BCUT2D eigenvalue weighted by Crippen LogP contribution is -2.03. The maximum atomic E-state index is 13.5. The van der Waals surface area contributed by atoms with Gasteiger partial charge >= 0.3 is 5.97 Å². The van der Waals surface area contributed by atoms with Crippen LogP contribution in [-0.4, -0.2) is 21.4 Å². The minimum atomic E-state index is -1.08. The van der Waals surface area contributed by atoms with E-state index in [4.69, 9.17) is 11.6 Å². The topological polar surface area (TPSA) is 71.3 Å². The lowest BCUT2D eigenvalue weighted by molar-refractivity contribution is 0.0697. The van der Waals surface area contributed by atoms with Crippen molar-refractivity contribution in [1.29, 1.82) is 0 Å². The molecule has 0 fully saturated rings. The summed E-state index contributed by atoms with van der Waals surface area (Å²) < 4.78 is 2.07. The lowest BCUT2D eigenvalue weighted by Gasteiger charge is -2.11. The molecule has 0 spiro atoms. The van der Waals surface area contributed by atoms with Crippen molar-refractivity contribution in [3.63, 3.8) is 0 Å². The summed E-state index contributed by atoms with van der Waals surface area (Å²) in [5.74, 6) is -1.15. The molecule has 0 radical (unpaired) electrons. The van der Waals surface area contributed by atoms with Crippen LogP contribution in [0.4, 0.5) is 11.4 Å². The van der Waals surface area contributed by atoms with E-state index in [0.29, 0.717) is 34.1 Å². The molecule has 5 nitrogen and oxygen atoms in total. The number of nitrogens with one attached hydrogen (secondary N) is 1. The Morgan fingerprint density at radius 2 is 1.54 bits per heavy atom. The fraction of sp³-hybridized carbons (Fsp3) is 0.0345. The summed E-state index contributed by atoms with van der Waals surface area (Å²) in [5.41, 5.74) is 4.38. The van der Waals surface area contributed by atoms with E-state index in [9.17, 15) is 14.7 Å². The molecule has 4 aromatic carbocycles. The average molecular weight is 481 g/mol.